The SMILES string of the molecule is CC(C)c1ccc2c(c1F)CN(C1C(C)(C)C(Oc3ccc(C#N)c(Cl)c3)C1(C)C)C2=O. The van der Waals surface area contributed by atoms with Crippen LogP contribution in [0, 0.1) is 28.0 Å². The summed E-state index contributed by atoms with van der Waals surface area (Å²) in [7, 11) is 0. The predicted octanol–water partition coefficient (Wildman–Crippen LogP) is 6.31. The molecule has 168 valence electrons. The van der Waals surface area contributed by atoms with Crippen molar-refractivity contribution in [3.05, 3.63) is 63.4 Å². The van der Waals surface area contributed by atoms with E-state index in [1.54, 1.807) is 30.3 Å². The van der Waals surface area contributed by atoms with Gasteiger partial charge in [0, 0.05) is 34.1 Å². The van der Waals surface area contributed by atoms with Gasteiger partial charge in [-0.15, -0.1) is 0 Å². The topological polar surface area (TPSA) is 53.3 Å². The molecule has 0 bridgehead atoms. The average Bonchev–Trinajstić information content (AvgIpc) is 3.02. The lowest BCUT2D eigenvalue weighted by atomic mass is 9.49. The summed E-state index contributed by atoms with van der Waals surface area (Å²) >= 11 is 6.18. The minimum atomic E-state index is -0.376. The second kappa shape index (κ2) is 7.49. The van der Waals surface area contributed by atoms with Crippen LogP contribution in [0.1, 0.15) is 74.5 Å². The number of nitriles is 1. The highest BCUT2D eigenvalue weighted by atomic mass is 35.5. The summed E-state index contributed by atoms with van der Waals surface area (Å²) in [5, 5.41) is 9.44. The van der Waals surface area contributed by atoms with E-state index in [4.69, 9.17) is 21.6 Å². The fraction of sp³-hybridized carbons (Fsp3) is 0.462. The van der Waals surface area contributed by atoms with Gasteiger partial charge in [-0.3, -0.25) is 4.79 Å². The van der Waals surface area contributed by atoms with Crippen molar-refractivity contribution in [2.24, 2.45) is 10.8 Å². The van der Waals surface area contributed by atoms with Crippen LogP contribution in [-0.2, 0) is 6.54 Å². The molecular weight excluding hydrogens is 427 g/mol. The number of amides is 1. The van der Waals surface area contributed by atoms with Crippen molar-refractivity contribution in [3.8, 4) is 11.8 Å². The first-order valence-electron chi connectivity index (χ1n) is 10.9. The largest absolute Gasteiger partial charge is 0.489 e. The van der Waals surface area contributed by atoms with Crippen LogP contribution in [0.15, 0.2) is 30.3 Å². The number of fused-ring (bicyclic) bond motifs is 1. The number of carbonyl (C=O) groups excluding carboxylic acids is 1. The molecule has 2 aliphatic rings. The maximum absolute atomic E-state index is 15.2. The molecule has 0 unspecified atom stereocenters. The Labute approximate surface area is 193 Å². The summed E-state index contributed by atoms with van der Waals surface area (Å²) in [6, 6.07) is 10.5. The molecule has 1 aliphatic carbocycles. The molecule has 0 saturated heterocycles. The van der Waals surface area contributed by atoms with Crippen molar-refractivity contribution in [2.45, 2.75) is 66.2 Å². The third kappa shape index (κ3) is 3.19. The Bertz CT molecular complexity index is 1130. The van der Waals surface area contributed by atoms with Gasteiger partial charge in [-0.25, -0.2) is 4.39 Å². The molecule has 1 heterocycles. The van der Waals surface area contributed by atoms with E-state index in [2.05, 4.69) is 27.7 Å². The van der Waals surface area contributed by atoms with Gasteiger partial charge in [0.2, 0.25) is 0 Å². The molecular formula is C26H28ClFN2O2. The number of carbonyl (C=O) groups is 1. The van der Waals surface area contributed by atoms with Crippen LogP contribution in [0.3, 0.4) is 0 Å². The molecule has 0 atom stereocenters. The number of hydrogen-bond acceptors (Lipinski definition) is 3. The van der Waals surface area contributed by atoms with E-state index in [1.807, 2.05) is 24.8 Å². The lowest BCUT2D eigenvalue weighted by Gasteiger charge is -2.65. The van der Waals surface area contributed by atoms with E-state index < -0.39 is 0 Å². The zero-order valence-electron chi connectivity index (χ0n) is 19.3. The zero-order chi connectivity index (χ0) is 23.6. The van der Waals surface area contributed by atoms with Gasteiger partial charge in [0.25, 0.3) is 5.91 Å². The highest BCUT2D eigenvalue weighted by Gasteiger charge is 2.67. The Morgan fingerprint density at radius 1 is 1.19 bits per heavy atom. The van der Waals surface area contributed by atoms with Crippen LogP contribution < -0.4 is 4.74 Å². The smallest absolute Gasteiger partial charge is 0.254 e. The van der Waals surface area contributed by atoms with E-state index in [9.17, 15) is 4.79 Å². The minimum absolute atomic E-state index is 0.0538. The Hall–Kier alpha value is -2.58. The second-order valence-corrected chi connectivity index (χ2v) is 10.8. The fourth-order valence-electron chi connectivity index (χ4n) is 6.06. The zero-order valence-corrected chi connectivity index (χ0v) is 20.0. The molecule has 4 nitrogen and oxygen atoms in total. The predicted molar refractivity (Wildman–Crippen MR) is 122 cm³/mol. The molecule has 1 saturated carbocycles. The van der Waals surface area contributed by atoms with Crippen molar-refractivity contribution in [1.29, 1.82) is 5.26 Å². The fourth-order valence-corrected chi connectivity index (χ4v) is 6.27. The van der Waals surface area contributed by atoms with Crippen LogP contribution in [-0.4, -0.2) is 23.0 Å². The summed E-state index contributed by atoms with van der Waals surface area (Å²) in [5.74, 6) is 0.254. The van der Waals surface area contributed by atoms with Crippen LogP contribution in [0.25, 0.3) is 0 Å². The van der Waals surface area contributed by atoms with E-state index in [1.165, 1.54) is 0 Å². The quantitative estimate of drug-likeness (QED) is 0.543. The normalized spacial score (nSPS) is 23.0. The number of hydrogen-bond donors (Lipinski definition) is 0. The second-order valence-electron chi connectivity index (χ2n) is 10.4. The van der Waals surface area contributed by atoms with Crippen LogP contribution in [0.2, 0.25) is 5.02 Å². The standard InChI is InChI=1S/C26H28ClFN2O2/c1-14(2)17-9-10-18-19(21(17)28)13-30(22(18)31)23-25(3,4)24(26(23,5)6)32-16-8-7-15(12-29)20(27)11-16/h7-11,14,23-24H,13H2,1-6H3. The number of nitrogens with zero attached hydrogens (tertiary/aromatic N) is 2. The molecule has 6 heteroatoms. The average molecular weight is 455 g/mol. The van der Waals surface area contributed by atoms with Crippen molar-refractivity contribution >= 4 is 17.5 Å². The third-order valence-electron chi connectivity index (χ3n) is 7.10. The molecule has 0 spiro atoms. The van der Waals surface area contributed by atoms with Gasteiger partial charge in [-0.2, -0.15) is 5.26 Å². The maximum atomic E-state index is 15.2. The van der Waals surface area contributed by atoms with E-state index in [0.29, 0.717) is 33.0 Å². The number of halogens is 2. The molecule has 1 amide bonds. The summed E-state index contributed by atoms with van der Waals surface area (Å²) in [5.41, 5.74) is 1.24. The number of ether oxygens (including phenoxy) is 1. The summed E-state index contributed by atoms with van der Waals surface area (Å²) < 4.78 is 21.5. The summed E-state index contributed by atoms with van der Waals surface area (Å²) in [6.45, 7) is 12.5. The monoisotopic (exact) mass is 454 g/mol. The van der Waals surface area contributed by atoms with Crippen molar-refractivity contribution in [1.82, 2.24) is 4.90 Å². The first kappa shape index (κ1) is 22.6. The van der Waals surface area contributed by atoms with Crippen LogP contribution in [0.5, 0.6) is 5.75 Å². The van der Waals surface area contributed by atoms with Gasteiger partial charge in [-0.1, -0.05) is 59.2 Å². The molecule has 1 aliphatic heterocycles. The molecule has 1 fully saturated rings. The maximum Gasteiger partial charge on any atom is 0.254 e. The Morgan fingerprint density at radius 2 is 1.84 bits per heavy atom. The summed E-state index contributed by atoms with van der Waals surface area (Å²) in [4.78, 5) is 15.1. The lowest BCUT2D eigenvalue weighted by molar-refractivity contribution is -0.199. The molecule has 0 aromatic heterocycles. The van der Waals surface area contributed by atoms with Gasteiger partial charge >= 0.3 is 0 Å². The molecule has 0 radical (unpaired) electrons. The first-order valence-corrected chi connectivity index (χ1v) is 11.3. The summed E-state index contributed by atoms with van der Waals surface area (Å²) in [6.07, 6.45) is -0.198. The molecule has 2 aromatic rings. The van der Waals surface area contributed by atoms with E-state index in [-0.39, 0.29) is 47.2 Å². The van der Waals surface area contributed by atoms with Gasteiger partial charge in [0.1, 0.15) is 23.7 Å². The Kier molecular flexibility index (Phi) is 5.29. The lowest BCUT2D eigenvalue weighted by Crippen LogP contribution is -2.74. The van der Waals surface area contributed by atoms with Crippen molar-refractivity contribution in [2.75, 3.05) is 0 Å². The Morgan fingerprint density at radius 3 is 2.41 bits per heavy atom. The number of rotatable bonds is 4. The molecule has 4 rings (SSSR count). The minimum Gasteiger partial charge on any atom is -0.489 e. The third-order valence-corrected chi connectivity index (χ3v) is 7.42. The van der Waals surface area contributed by atoms with Crippen LogP contribution in [0.4, 0.5) is 4.39 Å². The molecule has 32 heavy (non-hydrogen) atoms. The molecule has 0 N–H and O–H groups in total. The van der Waals surface area contributed by atoms with Gasteiger partial charge < -0.3 is 9.64 Å². The molecule has 2 aromatic carbocycles. The first-order chi connectivity index (χ1) is 14.9. The van der Waals surface area contributed by atoms with Crippen molar-refractivity contribution < 1.29 is 13.9 Å². The van der Waals surface area contributed by atoms with Crippen LogP contribution >= 0.6 is 11.6 Å². The van der Waals surface area contributed by atoms with Crippen molar-refractivity contribution in [3.63, 3.8) is 0 Å². The van der Waals surface area contributed by atoms with Gasteiger partial charge in [0.05, 0.1) is 17.1 Å². The highest BCUT2D eigenvalue weighted by Crippen LogP contribution is 2.59. The highest BCUT2D eigenvalue weighted by molar-refractivity contribution is 6.31. The van der Waals surface area contributed by atoms with E-state index in [0.717, 1.165) is 0 Å². The van der Waals surface area contributed by atoms with Gasteiger partial charge in [0.15, 0.2) is 0 Å². The Balaban J connectivity index is 1.62. The van der Waals surface area contributed by atoms with Gasteiger partial charge in [-0.05, 0) is 29.7 Å². The number of benzene rings is 2. The van der Waals surface area contributed by atoms with E-state index >= 15 is 4.39 Å².